The SMILES string of the molecule is Fc1cc(F)cc(NC2CCC(C(F)(F)F)CC2)c1. The Labute approximate surface area is 107 Å². The van der Waals surface area contributed by atoms with E-state index in [0.717, 1.165) is 18.2 Å². The number of benzene rings is 1. The molecule has 19 heavy (non-hydrogen) atoms. The minimum Gasteiger partial charge on any atom is -0.382 e. The molecule has 0 amide bonds. The second-order valence-electron chi connectivity index (χ2n) is 4.89. The Kier molecular flexibility index (Phi) is 3.96. The Hall–Kier alpha value is -1.33. The third kappa shape index (κ3) is 3.81. The first-order valence-corrected chi connectivity index (χ1v) is 6.14. The summed E-state index contributed by atoms with van der Waals surface area (Å²) in [6.07, 6.45) is -3.33. The zero-order chi connectivity index (χ0) is 14.0. The van der Waals surface area contributed by atoms with E-state index in [4.69, 9.17) is 0 Å². The molecular weight excluding hydrogens is 265 g/mol. The molecule has 0 bridgehead atoms. The largest absolute Gasteiger partial charge is 0.391 e. The van der Waals surface area contributed by atoms with Crippen LogP contribution in [0.15, 0.2) is 18.2 Å². The van der Waals surface area contributed by atoms with Gasteiger partial charge in [0.05, 0.1) is 5.92 Å². The lowest BCUT2D eigenvalue weighted by molar-refractivity contribution is -0.182. The van der Waals surface area contributed by atoms with Crippen molar-refractivity contribution in [1.29, 1.82) is 0 Å². The van der Waals surface area contributed by atoms with Crippen LogP contribution in [-0.2, 0) is 0 Å². The summed E-state index contributed by atoms with van der Waals surface area (Å²) in [7, 11) is 0. The van der Waals surface area contributed by atoms with Crippen LogP contribution >= 0.6 is 0 Å². The van der Waals surface area contributed by atoms with Crippen molar-refractivity contribution in [3.05, 3.63) is 29.8 Å². The second kappa shape index (κ2) is 5.35. The van der Waals surface area contributed by atoms with E-state index in [9.17, 15) is 22.0 Å². The van der Waals surface area contributed by atoms with Gasteiger partial charge in [0.1, 0.15) is 11.6 Å². The lowest BCUT2D eigenvalue weighted by Gasteiger charge is -2.30. The minimum atomic E-state index is -4.14. The number of rotatable bonds is 2. The van der Waals surface area contributed by atoms with Gasteiger partial charge in [0.2, 0.25) is 0 Å². The molecule has 0 heterocycles. The zero-order valence-electron chi connectivity index (χ0n) is 10.1. The summed E-state index contributed by atoms with van der Waals surface area (Å²) in [5.41, 5.74) is 0.271. The van der Waals surface area contributed by atoms with Gasteiger partial charge in [0.15, 0.2) is 0 Å². The van der Waals surface area contributed by atoms with Crippen LogP contribution in [0.25, 0.3) is 0 Å². The first-order valence-electron chi connectivity index (χ1n) is 6.14. The highest BCUT2D eigenvalue weighted by Gasteiger charge is 2.41. The fourth-order valence-corrected chi connectivity index (χ4v) is 2.44. The van der Waals surface area contributed by atoms with Crippen LogP contribution in [0, 0.1) is 17.6 Å². The molecule has 0 atom stereocenters. The summed E-state index contributed by atoms with van der Waals surface area (Å²) >= 11 is 0. The smallest absolute Gasteiger partial charge is 0.382 e. The Balaban J connectivity index is 1.92. The van der Waals surface area contributed by atoms with E-state index in [0.29, 0.717) is 12.8 Å². The number of hydrogen-bond acceptors (Lipinski definition) is 1. The summed E-state index contributed by atoms with van der Waals surface area (Å²) in [6, 6.07) is 2.86. The van der Waals surface area contributed by atoms with E-state index in [2.05, 4.69) is 5.32 Å². The highest BCUT2D eigenvalue weighted by Crippen LogP contribution is 2.38. The quantitative estimate of drug-likeness (QED) is 0.786. The summed E-state index contributed by atoms with van der Waals surface area (Å²) in [4.78, 5) is 0. The molecule has 0 unspecified atom stereocenters. The summed E-state index contributed by atoms with van der Waals surface area (Å²) < 4.78 is 63.4. The van der Waals surface area contributed by atoms with Crippen molar-refractivity contribution in [2.45, 2.75) is 37.9 Å². The van der Waals surface area contributed by atoms with Gasteiger partial charge < -0.3 is 5.32 Å². The molecule has 0 spiro atoms. The molecule has 106 valence electrons. The molecule has 1 aromatic carbocycles. The lowest BCUT2D eigenvalue weighted by atomic mass is 9.85. The standard InChI is InChI=1S/C13H14F5N/c14-9-5-10(15)7-12(6-9)19-11-3-1-8(2-4-11)13(16,17)18/h5-8,11,19H,1-4H2. The van der Waals surface area contributed by atoms with Crippen LogP contribution in [0.3, 0.4) is 0 Å². The van der Waals surface area contributed by atoms with E-state index in [1.807, 2.05) is 0 Å². The van der Waals surface area contributed by atoms with Gasteiger partial charge in [0.25, 0.3) is 0 Å². The average molecular weight is 279 g/mol. The molecule has 0 aliphatic heterocycles. The van der Waals surface area contributed by atoms with Crippen molar-refractivity contribution >= 4 is 5.69 Å². The van der Waals surface area contributed by atoms with Gasteiger partial charge in [0, 0.05) is 17.8 Å². The summed E-state index contributed by atoms with van der Waals surface area (Å²) in [5.74, 6) is -2.66. The first-order chi connectivity index (χ1) is 8.84. The fourth-order valence-electron chi connectivity index (χ4n) is 2.44. The molecule has 2 rings (SSSR count). The molecule has 0 saturated heterocycles. The molecule has 6 heteroatoms. The maximum atomic E-state index is 13.0. The Morgan fingerprint density at radius 2 is 1.42 bits per heavy atom. The van der Waals surface area contributed by atoms with E-state index >= 15 is 0 Å². The fraction of sp³-hybridized carbons (Fsp3) is 0.538. The van der Waals surface area contributed by atoms with Crippen molar-refractivity contribution in [3.63, 3.8) is 0 Å². The molecule has 0 radical (unpaired) electrons. The molecule has 1 fully saturated rings. The first kappa shape index (κ1) is 14.1. The van der Waals surface area contributed by atoms with Crippen LogP contribution in [-0.4, -0.2) is 12.2 Å². The van der Waals surface area contributed by atoms with Crippen LogP contribution < -0.4 is 5.32 Å². The lowest BCUT2D eigenvalue weighted by Crippen LogP contribution is -2.32. The predicted molar refractivity (Wildman–Crippen MR) is 61.8 cm³/mol. The molecular formula is C13H14F5N. The van der Waals surface area contributed by atoms with Crippen LogP contribution in [0.2, 0.25) is 0 Å². The van der Waals surface area contributed by atoms with Crippen LogP contribution in [0.4, 0.5) is 27.6 Å². The van der Waals surface area contributed by atoms with Crippen LogP contribution in [0.5, 0.6) is 0 Å². The summed E-state index contributed by atoms with van der Waals surface area (Å²) in [6.45, 7) is 0. The van der Waals surface area contributed by atoms with Crippen molar-refractivity contribution in [2.75, 3.05) is 5.32 Å². The molecule has 1 aliphatic rings. The van der Waals surface area contributed by atoms with Gasteiger partial charge in [-0.25, -0.2) is 8.78 Å². The van der Waals surface area contributed by atoms with Crippen LogP contribution in [0.1, 0.15) is 25.7 Å². The normalized spacial score (nSPS) is 24.3. The van der Waals surface area contributed by atoms with E-state index in [1.165, 1.54) is 0 Å². The number of halogens is 5. The molecule has 1 N–H and O–H groups in total. The van der Waals surface area contributed by atoms with Crippen molar-refractivity contribution in [2.24, 2.45) is 5.92 Å². The zero-order valence-corrected chi connectivity index (χ0v) is 10.1. The predicted octanol–water partition coefficient (Wildman–Crippen LogP) is 4.50. The van der Waals surface area contributed by atoms with Gasteiger partial charge in [-0.15, -0.1) is 0 Å². The van der Waals surface area contributed by atoms with Gasteiger partial charge in [-0.05, 0) is 37.8 Å². The Morgan fingerprint density at radius 1 is 0.895 bits per heavy atom. The molecule has 0 aromatic heterocycles. The minimum absolute atomic E-state index is 0.0545. The third-order valence-electron chi connectivity index (χ3n) is 3.42. The second-order valence-corrected chi connectivity index (χ2v) is 4.89. The average Bonchev–Trinajstić information content (AvgIpc) is 2.26. The third-order valence-corrected chi connectivity index (χ3v) is 3.42. The Morgan fingerprint density at radius 3 is 1.89 bits per heavy atom. The van der Waals surface area contributed by atoms with Crippen molar-refractivity contribution in [1.82, 2.24) is 0 Å². The van der Waals surface area contributed by atoms with Crippen molar-refractivity contribution < 1.29 is 22.0 Å². The Bertz CT molecular complexity index is 415. The van der Waals surface area contributed by atoms with Gasteiger partial charge in [-0.2, -0.15) is 13.2 Å². The molecule has 1 aromatic rings. The van der Waals surface area contributed by atoms with E-state index in [-0.39, 0.29) is 24.6 Å². The molecule has 1 saturated carbocycles. The monoisotopic (exact) mass is 279 g/mol. The van der Waals surface area contributed by atoms with Gasteiger partial charge in [-0.3, -0.25) is 0 Å². The molecule has 1 nitrogen and oxygen atoms in total. The van der Waals surface area contributed by atoms with Gasteiger partial charge >= 0.3 is 6.18 Å². The maximum absolute atomic E-state index is 13.0. The number of nitrogens with one attached hydrogen (secondary N) is 1. The van der Waals surface area contributed by atoms with Gasteiger partial charge in [-0.1, -0.05) is 0 Å². The highest BCUT2D eigenvalue weighted by molar-refractivity contribution is 5.44. The number of anilines is 1. The number of alkyl halides is 3. The van der Waals surface area contributed by atoms with Crippen molar-refractivity contribution in [3.8, 4) is 0 Å². The van der Waals surface area contributed by atoms with E-state index < -0.39 is 23.7 Å². The molecule has 1 aliphatic carbocycles. The topological polar surface area (TPSA) is 12.0 Å². The van der Waals surface area contributed by atoms with E-state index in [1.54, 1.807) is 0 Å². The maximum Gasteiger partial charge on any atom is 0.391 e. The number of hydrogen-bond donors (Lipinski definition) is 1. The highest BCUT2D eigenvalue weighted by atomic mass is 19.4. The summed E-state index contributed by atoms with van der Waals surface area (Å²) in [5, 5.41) is 2.89.